The molecule has 2 unspecified atom stereocenters. The van der Waals surface area contributed by atoms with Gasteiger partial charge in [-0.2, -0.15) is 26.3 Å². The summed E-state index contributed by atoms with van der Waals surface area (Å²) in [5, 5.41) is 0. The van der Waals surface area contributed by atoms with Crippen LogP contribution in [-0.2, 0) is 48.3 Å². The first kappa shape index (κ1) is 34.5. The van der Waals surface area contributed by atoms with E-state index in [1.54, 1.807) is 0 Å². The Balaban J connectivity index is 1.21. The van der Waals surface area contributed by atoms with E-state index < -0.39 is 115 Å². The first-order chi connectivity index (χ1) is 22.7. The molecular formula is C32H40F6O10S. The van der Waals surface area contributed by atoms with Crippen LogP contribution in [-0.4, -0.2) is 67.6 Å². The van der Waals surface area contributed by atoms with Crippen molar-refractivity contribution in [1.82, 2.24) is 0 Å². The van der Waals surface area contributed by atoms with E-state index in [1.165, 1.54) is 13.8 Å². The van der Waals surface area contributed by atoms with Gasteiger partial charge < -0.3 is 18.9 Å². The number of alkyl halides is 6. The lowest BCUT2D eigenvalue weighted by atomic mass is 9.59. The van der Waals surface area contributed by atoms with Crippen molar-refractivity contribution in [1.29, 1.82) is 0 Å². The van der Waals surface area contributed by atoms with E-state index in [1.807, 2.05) is 13.8 Å². The van der Waals surface area contributed by atoms with E-state index in [9.17, 15) is 34.8 Å². The maximum atomic E-state index is 14.8. The molecule has 6 saturated heterocycles. The van der Waals surface area contributed by atoms with Crippen molar-refractivity contribution < 1.29 is 73.3 Å². The minimum absolute atomic E-state index is 0.0469. The van der Waals surface area contributed by atoms with Crippen LogP contribution >= 0.6 is 0 Å². The Morgan fingerprint density at radius 3 is 1.39 bits per heavy atom. The van der Waals surface area contributed by atoms with Crippen molar-refractivity contribution >= 4 is 9.84 Å². The average molecular weight is 731 g/mol. The zero-order valence-electron chi connectivity index (χ0n) is 27.4. The Morgan fingerprint density at radius 2 is 1.02 bits per heavy atom. The third-order valence-electron chi connectivity index (χ3n) is 12.6. The summed E-state index contributed by atoms with van der Waals surface area (Å²) in [4.78, 5) is 23.1. The van der Waals surface area contributed by atoms with E-state index in [2.05, 4.69) is 0 Å². The van der Waals surface area contributed by atoms with Crippen LogP contribution < -0.4 is 0 Å². The number of ether oxygens (including phenoxy) is 4. The molecule has 2 spiro atoms. The highest BCUT2D eigenvalue weighted by atomic mass is 32.2. The molecule has 0 aromatic rings. The molecule has 0 amide bonds. The van der Waals surface area contributed by atoms with Gasteiger partial charge >= 0.3 is 12.4 Å². The summed E-state index contributed by atoms with van der Waals surface area (Å²) in [6, 6.07) is 0. The summed E-state index contributed by atoms with van der Waals surface area (Å²) in [6.45, 7) is 6.95. The molecule has 0 aromatic carbocycles. The topological polar surface area (TPSA) is 108 Å². The highest BCUT2D eigenvalue weighted by Crippen LogP contribution is 2.63. The Morgan fingerprint density at radius 1 is 0.633 bits per heavy atom. The first-order valence-electron chi connectivity index (χ1n) is 16.9. The van der Waals surface area contributed by atoms with Gasteiger partial charge in [0.1, 0.15) is 0 Å². The van der Waals surface area contributed by atoms with E-state index in [4.69, 9.17) is 38.5 Å². The molecule has 12 atom stereocenters. The fourth-order valence-electron chi connectivity index (χ4n) is 10.3. The summed E-state index contributed by atoms with van der Waals surface area (Å²) in [5.74, 6) is -11.5. The van der Waals surface area contributed by atoms with Gasteiger partial charge in [0, 0.05) is 36.5 Å². The minimum Gasteiger partial charge on any atom is -0.456 e. The number of sulfone groups is 1. The largest absolute Gasteiger partial charge is 0.456 e. The monoisotopic (exact) mass is 730 g/mol. The third-order valence-corrected chi connectivity index (χ3v) is 14.1. The first-order valence-corrected chi connectivity index (χ1v) is 18.8. The summed E-state index contributed by atoms with van der Waals surface area (Å²) in [6.07, 6.45) is -10.7. The van der Waals surface area contributed by atoms with Gasteiger partial charge in [0.25, 0.3) is 0 Å². The number of hydrogen-bond acceptors (Lipinski definition) is 10. The molecule has 0 radical (unpaired) electrons. The maximum Gasteiger partial charge on any atom is 0.449 e. The second-order valence-electron chi connectivity index (χ2n) is 15.7. The van der Waals surface area contributed by atoms with E-state index in [0.29, 0.717) is 38.5 Å². The molecule has 276 valence electrons. The molecule has 10 rings (SSSR count). The predicted octanol–water partition coefficient (Wildman–Crippen LogP) is 6.53. The molecule has 17 heteroatoms. The Kier molecular flexibility index (Phi) is 7.54. The highest BCUT2D eigenvalue weighted by Gasteiger charge is 2.72. The molecule has 10 aliphatic rings. The van der Waals surface area contributed by atoms with Crippen molar-refractivity contribution in [2.45, 2.75) is 127 Å². The van der Waals surface area contributed by atoms with Gasteiger partial charge in [-0.15, -0.1) is 0 Å². The van der Waals surface area contributed by atoms with E-state index in [0.717, 1.165) is 0 Å². The predicted molar refractivity (Wildman–Crippen MR) is 153 cm³/mol. The number of allylic oxidation sites excluding steroid dienone is 2. The lowest BCUT2D eigenvalue weighted by Crippen LogP contribution is -2.68. The minimum atomic E-state index is -5.14. The Labute approximate surface area is 279 Å². The molecule has 10 nitrogen and oxygen atoms in total. The molecule has 49 heavy (non-hydrogen) atoms. The normalized spacial score (nSPS) is 47.9. The molecule has 8 fully saturated rings. The van der Waals surface area contributed by atoms with Crippen LogP contribution in [0.15, 0.2) is 22.7 Å². The number of rotatable bonds is 4. The molecule has 8 heterocycles. The SMILES string of the molecule is C[C@@H]1CC[C@H]2C(CS(=O)(=O)CC3=C(C(F)(F)F)O[C@@H]4O[C@]5(C)CCC6[C@H](C)CC[C@@H]3[C@]64OO5)=C(C(F)(F)F)O[C@@H]3O[C@@]4(C)CCC1[C@]32OO4. The highest BCUT2D eigenvalue weighted by molar-refractivity contribution is 7.91. The van der Waals surface area contributed by atoms with Crippen molar-refractivity contribution in [2.24, 2.45) is 35.5 Å². The molecule has 2 aliphatic carbocycles. The van der Waals surface area contributed by atoms with Crippen LogP contribution in [0.5, 0.6) is 0 Å². The van der Waals surface area contributed by atoms with Crippen LogP contribution in [0.2, 0.25) is 0 Å². The molecule has 8 aliphatic heterocycles. The van der Waals surface area contributed by atoms with Crippen LogP contribution in [0.25, 0.3) is 0 Å². The summed E-state index contributed by atoms with van der Waals surface area (Å²) < 4.78 is 140. The number of fused-ring (bicyclic) bond motifs is 4. The lowest BCUT2D eigenvalue weighted by molar-refractivity contribution is -0.557. The molecular weight excluding hydrogens is 690 g/mol. The fourth-order valence-corrected chi connectivity index (χ4v) is 12.0. The summed E-state index contributed by atoms with van der Waals surface area (Å²) in [5.41, 5.74) is -4.40. The third kappa shape index (κ3) is 5.06. The van der Waals surface area contributed by atoms with E-state index >= 15 is 0 Å². The van der Waals surface area contributed by atoms with Gasteiger partial charge in [-0.25, -0.2) is 28.0 Å². The molecule has 0 N–H and O–H groups in total. The van der Waals surface area contributed by atoms with E-state index in [-0.39, 0.29) is 24.7 Å². The second kappa shape index (κ2) is 10.7. The Bertz CT molecular complexity index is 1470. The summed E-state index contributed by atoms with van der Waals surface area (Å²) in [7, 11) is -4.78. The van der Waals surface area contributed by atoms with Crippen molar-refractivity contribution in [3.63, 3.8) is 0 Å². The van der Waals surface area contributed by atoms with Gasteiger partial charge in [-0.3, -0.25) is 0 Å². The lowest BCUT2D eigenvalue weighted by Gasteiger charge is -2.57. The molecule has 2 saturated carbocycles. The zero-order chi connectivity index (χ0) is 35.2. The van der Waals surface area contributed by atoms with Crippen molar-refractivity contribution in [2.75, 3.05) is 11.5 Å². The molecule has 4 bridgehead atoms. The van der Waals surface area contributed by atoms with Crippen LogP contribution in [0.4, 0.5) is 26.3 Å². The van der Waals surface area contributed by atoms with Crippen LogP contribution in [0.1, 0.15) is 79.1 Å². The standard InChI is InChI=1S/C32H40F6O10S/c1-15-5-7-21-17(23(31(33,34)35)41-25-29(21)19(15)9-11-27(3,43-25)45-47-29)13-49(39,40)14-18-22-8-6-16(2)20-10-12-28(4)44-26(30(20,22)48-46-28)42-24(18)32(36,37)38/h15-16,19-22,25-26H,5-14H2,1-4H3/t15-,16-,19?,20?,21+,22+,25-,26-,27-,28+,29-,30-/m1/s1. The quantitative estimate of drug-likeness (QED) is 0.234. The van der Waals surface area contributed by atoms with Crippen LogP contribution in [0.3, 0.4) is 0 Å². The van der Waals surface area contributed by atoms with Crippen LogP contribution in [0, 0.1) is 35.5 Å². The molecule has 0 aromatic heterocycles. The van der Waals surface area contributed by atoms with Crippen molar-refractivity contribution in [3.8, 4) is 0 Å². The van der Waals surface area contributed by atoms with Gasteiger partial charge in [-0.05, 0) is 75.4 Å². The van der Waals surface area contributed by atoms with Gasteiger partial charge in [0.2, 0.25) is 35.7 Å². The zero-order valence-corrected chi connectivity index (χ0v) is 28.3. The smallest absolute Gasteiger partial charge is 0.449 e. The van der Waals surface area contributed by atoms with Gasteiger partial charge in [0.15, 0.2) is 21.0 Å². The maximum absolute atomic E-state index is 14.8. The van der Waals surface area contributed by atoms with Gasteiger partial charge in [0.05, 0.1) is 11.5 Å². The van der Waals surface area contributed by atoms with Crippen molar-refractivity contribution in [3.05, 3.63) is 22.7 Å². The Hall–Kier alpha value is -1.63. The number of hydrogen-bond donors (Lipinski definition) is 0. The van der Waals surface area contributed by atoms with Gasteiger partial charge in [-0.1, -0.05) is 13.8 Å². The number of halogens is 6. The summed E-state index contributed by atoms with van der Waals surface area (Å²) >= 11 is 0. The second-order valence-corrected chi connectivity index (χ2v) is 17.7. The average Bonchev–Trinajstić information content (AvgIpc) is 3.36. The fraction of sp³-hybridized carbons (Fsp3) is 0.875.